The quantitative estimate of drug-likeness (QED) is 0.872. The van der Waals surface area contributed by atoms with Crippen molar-refractivity contribution in [2.45, 2.75) is 44.9 Å². The van der Waals surface area contributed by atoms with Crippen molar-refractivity contribution in [3.63, 3.8) is 0 Å². The highest BCUT2D eigenvalue weighted by Gasteiger charge is 2.30. The zero-order valence-electron chi connectivity index (χ0n) is 11.8. The van der Waals surface area contributed by atoms with Crippen molar-refractivity contribution in [2.24, 2.45) is 0 Å². The highest BCUT2D eigenvalue weighted by Crippen LogP contribution is 2.22. The summed E-state index contributed by atoms with van der Waals surface area (Å²) in [6.07, 6.45) is -1.13. The van der Waals surface area contributed by atoms with Crippen molar-refractivity contribution < 1.29 is 13.2 Å². The molecule has 0 radical (unpaired) electrons. The Morgan fingerprint density at radius 3 is 2.60 bits per heavy atom. The van der Waals surface area contributed by atoms with Crippen molar-refractivity contribution in [3.05, 3.63) is 23.4 Å². The van der Waals surface area contributed by atoms with Gasteiger partial charge in [0, 0.05) is 25.3 Å². The van der Waals surface area contributed by atoms with Crippen molar-refractivity contribution in [3.8, 4) is 0 Å². The summed E-state index contributed by atoms with van der Waals surface area (Å²) in [4.78, 5) is 5.43. The second-order valence-electron chi connectivity index (χ2n) is 5.30. The van der Waals surface area contributed by atoms with Gasteiger partial charge in [0.15, 0.2) is 0 Å². The summed E-state index contributed by atoms with van der Waals surface area (Å²) in [5.74, 6) is 0.384. The van der Waals surface area contributed by atoms with Crippen LogP contribution in [0.5, 0.6) is 0 Å². The summed E-state index contributed by atoms with van der Waals surface area (Å²) in [6.45, 7) is 1.66. The van der Waals surface area contributed by atoms with Crippen LogP contribution in [0.2, 0.25) is 0 Å². The van der Waals surface area contributed by atoms with E-state index in [0.29, 0.717) is 24.8 Å². The predicted molar refractivity (Wildman–Crippen MR) is 72.8 cm³/mol. The maximum atomic E-state index is 12.5. The molecule has 1 heterocycles. The Kier molecular flexibility index (Phi) is 4.52. The first-order valence-electron chi connectivity index (χ1n) is 6.88. The van der Waals surface area contributed by atoms with Gasteiger partial charge in [0.2, 0.25) is 0 Å². The molecule has 0 bridgehead atoms. The summed E-state index contributed by atoms with van der Waals surface area (Å²) in [6, 6.07) is 4.27. The molecule has 1 aliphatic rings. The van der Waals surface area contributed by atoms with Gasteiger partial charge < -0.3 is 10.2 Å². The lowest BCUT2D eigenvalue weighted by atomic mass is 10.2. The largest absolute Gasteiger partial charge is 0.405 e. The molecule has 1 saturated carbocycles. The number of hydrogen-bond acceptors (Lipinski definition) is 3. The van der Waals surface area contributed by atoms with Gasteiger partial charge in [0.05, 0.1) is 0 Å². The molecule has 0 amide bonds. The van der Waals surface area contributed by atoms with E-state index in [0.717, 1.165) is 16.2 Å². The van der Waals surface area contributed by atoms with E-state index in [2.05, 4.69) is 10.3 Å². The number of pyridine rings is 1. The van der Waals surface area contributed by atoms with E-state index in [1.807, 2.05) is 13.0 Å². The van der Waals surface area contributed by atoms with Crippen LogP contribution >= 0.6 is 0 Å². The summed E-state index contributed by atoms with van der Waals surface area (Å²) < 4.78 is 37.4. The third kappa shape index (κ3) is 4.67. The van der Waals surface area contributed by atoms with Gasteiger partial charge >= 0.3 is 6.18 Å². The van der Waals surface area contributed by atoms with Crippen LogP contribution in [0.4, 0.5) is 19.0 Å². The number of hydrogen-bond donors (Lipinski definition) is 1. The Labute approximate surface area is 117 Å². The number of anilines is 1. The molecule has 1 aromatic heterocycles. The van der Waals surface area contributed by atoms with Crippen LogP contribution in [0.1, 0.15) is 31.0 Å². The Morgan fingerprint density at radius 2 is 2.05 bits per heavy atom. The Morgan fingerprint density at radius 1 is 1.35 bits per heavy atom. The summed E-state index contributed by atoms with van der Waals surface area (Å²) in [5.41, 5.74) is 1.82. The molecule has 0 aliphatic heterocycles. The third-order valence-corrected chi connectivity index (χ3v) is 3.27. The Hall–Kier alpha value is -1.30. The third-order valence-electron chi connectivity index (χ3n) is 3.27. The average molecular weight is 287 g/mol. The predicted octanol–water partition coefficient (Wildman–Crippen LogP) is 2.89. The van der Waals surface area contributed by atoms with Gasteiger partial charge in [-0.2, -0.15) is 13.2 Å². The number of nitrogens with one attached hydrogen (secondary N) is 1. The maximum absolute atomic E-state index is 12.5. The van der Waals surface area contributed by atoms with Crippen LogP contribution in [0.15, 0.2) is 12.1 Å². The minimum absolute atomic E-state index is 0.384. The maximum Gasteiger partial charge on any atom is 0.405 e. The fourth-order valence-electron chi connectivity index (χ4n) is 2.01. The molecule has 0 aromatic carbocycles. The SMILES string of the molecule is CCc1cc(CNC2CC2)cc(N(C)CC(F)(F)F)n1. The lowest BCUT2D eigenvalue weighted by molar-refractivity contribution is -0.119. The number of aromatic nitrogens is 1. The fourth-order valence-corrected chi connectivity index (χ4v) is 2.01. The van der Waals surface area contributed by atoms with Gasteiger partial charge in [-0.1, -0.05) is 6.92 Å². The van der Waals surface area contributed by atoms with Gasteiger partial charge in [0.25, 0.3) is 0 Å². The highest BCUT2D eigenvalue weighted by atomic mass is 19.4. The molecule has 1 aromatic rings. The molecule has 0 spiro atoms. The normalized spacial score (nSPS) is 15.4. The van der Waals surface area contributed by atoms with E-state index in [9.17, 15) is 13.2 Å². The molecule has 1 N–H and O–H groups in total. The van der Waals surface area contributed by atoms with Crippen molar-refractivity contribution in [1.29, 1.82) is 0 Å². The van der Waals surface area contributed by atoms with Gasteiger partial charge in [-0.3, -0.25) is 0 Å². The molecular formula is C14H20F3N3. The molecular weight excluding hydrogens is 267 g/mol. The molecule has 112 valence electrons. The zero-order chi connectivity index (χ0) is 14.8. The van der Waals surface area contributed by atoms with Gasteiger partial charge in [0.1, 0.15) is 12.4 Å². The number of alkyl halides is 3. The topological polar surface area (TPSA) is 28.2 Å². The molecule has 3 nitrogen and oxygen atoms in total. The lowest BCUT2D eigenvalue weighted by Gasteiger charge is -2.21. The van der Waals surface area contributed by atoms with Gasteiger partial charge in [-0.15, -0.1) is 0 Å². The van der Waals surface area contributed by atoms with Crippen LogP contribution in [0, 0.1) is 0 Å². The number of halogens is 3. The molecule has 6 heteroatoms. The monoisotopic (exact) mass is 287 g/mol. The molecule has 1 aliphatic carbocycles. The van der Waals surface area contributed by atoms with Crippen LogP contribution < -0.4 is 10.2 Å². The van der Waals surface area contributed by atoms with Crippen LogP contribution in [-0.4, -0.2) is 30.8 Å². The number of aryl methyl sites for hydroxylation is 1. The summed E-state index contributed by atoms with van der Waals surface area (Å²) in [5, 5.41) is 3.37. The molecule has 0 atom stereocenters. The van der Waals surface area contributed by atoms with E-state index in [1.165, 1.54) is 19.9 Å². The highest BCUT2D eigenvalue weighted by molar-refractivity contribution is 5.42. The number of nitrogens with zero attached hydrogens (tertiary/aromatic N) is 2. The number of rotatable bonds is 6. The second-order valence-corrected chi connectivity index (χ2v) is 5.30. The second kappa shape index (κ2) is 5.99. The fraction of sp³-hybridized carbons (Fsp3) is 0.643. The first-order chi connectivity index (χ1) is 9.37. The van der Waals surface area contributed by atoms with Crippen molar-refractivity contribution >= 4 is 5.82 Å². The van der Waals surface area contributed by atoms with Crippen LogP contribution in [0.25, 0.3) is 0 Å². The van der Waals surface area contributed by atoms with Crippen LogP contribution in [0.3, 0.4) is 0 Å². The van der Waals surface area contributed by atoms with Crippen molar-refractivity contribution in [1.82, 2.24) is 10.3 Å². The molecule has 1 fully saturated rings. The molecule has 20 heavy (non-hydrogen) atoms. The van der Waals surface area contributed by atoms with Crippen LogP contribution in [-0.2, 0) is 13.0 Å². The van der Waals surface area contributed by atoms with E-state index in [4.69, 9.17) is 0 Å². The first kappa shape index (κ1) is 15.1. The standard InChI is InChI=1S/C14H20F3N3/c1-3-11-6-10(8-18-12-4-5-12)7-13(19-11)20(2)9-14(15,16)17/h6-7,12,18H,3-5,8-9H2,1-2H3. The van der Waals surface area contributed by atoms with E-state index in [-0.39, 0.29) is 0 Å². The van der Waals surface area contributed by atoms with Gasteiger partial charge in [-0.05, 0) is 37.0 Å². The first-order valence-corrected chi connectivity index (χ1v) is 6.88. The van der Waals surface area contributed by atoms with Crippen molar-refractivity contribution in [2.75, 3.05) is 18.5 Å². The molecule has 2 rings (SSSR count). The minimum atomic E-state index is -4.22. The average Bonchev–Trinajstić information content (AvgIpc) is 3.18. The molecule has 0 unspecified atom stereocenters. The lowest BCUT2D eigenvalue weighted by Crippen LogP contribution is -2.31. The summed E-state index contributed by atoms with van der Waals surface area (Å²) in [7, 11) is 1.42. The summed E-state index contributed by atoms with van der Waals surface area (Å²) >= 11 is 0. The van der Waals surface area contributed by atoms with E-state index >= 15 is 0 Å². The molecule has 0 saturated heterocycles. The van der Waals surface area contributed by atoms with Gasteiger partial charge in [-0.25, -0.2) is 4.98 Å². The Bertz CT molecular complexity index is 455. The smallest absolute Gasteiger partial charge is 0.351 e. The minimum Gasteiger partial charge on any atom is -0.351 e. The van der Waals surface area contributed by atoms with E-state index in [1.54, 1.807) is 6.07 Å². The van der Waals surface area contributed by atoms with E-state index < -0.39 is 12.7 Å². The zero-order valence-corrected chi connectivity index (χ0v) is 11.8. The Balaban J connectivity index is 2.11.